The number of carbonyl (C=O) groups is 1. The number of nitrogen functional groups attached to an aromatic ring is 1. The van der Waals surface area contributed by atoms with Gasteiger partial charge in [-0.25, -0.2) is 4.79 Å². The van der Waals surface area contributed by atoms with Crippen molar-refractivity contribution < 1.29 is 9.90 Å². The van der Waals surface area contributed by atoms with E-state index in [1.807, 2.05) is 0 Å². The van der Waals surface area contributed by atoms with E-state index in [9.17, 15) is 4.79 Å². The van der Waals surface area contributed by atoms with Gasteiger partial charge in [-0.05, 0) is 60.7 Å². The Balaban J connectivity index is 1.91. The molecule has 1 aliphatic carbocycles. The molecule has 4 heteroatoms. The molecule has 20 heavy (non-hydrogen) atoms. The number of nitrogens with two attached hydrogens (primary N) is 1. The van der Waals surface area contributed by atoms with Crippen molar-refractivity contribution in [3.63, 3.8) is 0 Å². The monoisotopic (exact) mass is 285 g/mol. The summed E-state index contributed by atoms with van der Waals surface area (Å²) in [5, 5.41) is 9.04. The van der Waals surface area contributed by atoms with Crippen LogP contribution in [-0.4, -0.2) is 11.1 Å². The summed E-state index contributed by atoms with van der Waals surface area (Å²) < 4.78 is 0. The van der Waals surface area contributed by atoms with Gasteiger partial charge in [0.25, 0.3) is 0 Å². The largest absolute Gasteiger partial charge is 0.478 e. The molecule has 0 saturated carbocycles. The molecule has 0 bridgehead atoms. The van der Waals surface area contributed by atoms with Crippen molar-refractivity contribution in [3.8, 4) is 0 Å². The Morgan fingerprint density at radius 2 is 1.90 bits per heavy atom. The predicted octanol–water partition coefficient (Wildman–Crippen LogP) is 3.61. The highest BCUT2D eigenvalue weighted by molar-refractivity contribution is 7.99. The predicted molar refractivity (Wildman–Crippen MR) is 80.4 cm³/mol. The highest BCUT2D eigenvalue weighted by Crippen LogP contribution is 2.35. The first-order valence-electron chi connectivity index (χ1n) is 6.56. The smallest absolute Gasteiger partial charge is 0.335 e. The molecule has 0 radical (unpaired) electrons. The van der Waals surface area contributed by atoms with E-state index in [1.165, 1.54) is 35.4 Å². The number of hydrogen-bond acceptors (Lipinski definition) is 3. The minimum absolute atomic E-state index is 0.267. The average Bonchev–Trinajstić information content (AvgIpc) is 2.88. The van der Waals surface area contributed by atoms with Crippen LogP contribution in [0.25, 0.3) is 0 Å². The molecular weight excluding hydrogens is 270 g/mol. The van der Waals surface area contributed by atoms with Gasteiger partial charge in [0.1, 0.15) is 0 Å². The first-order chi connectivity index (χ1) is 9.63. The fourth-order valence-corrected chi connectivity index (χ4v) is 3.46. The molecule has 3 rings (SSSR count). The van der Waals surface area contributed by atoms with E-state index in [4.69, 9.17) is 10.8 Å². The van der Waals surface area contributed by atoms with Crippen molar-refractivity contribution in [2.75, 3.05) is 5.73 Å². The maximum Gasteiger partial charge on any atom is 0.335 e. The average molecular weight is 285 g/mol. The second kappa shape index (κ2) is 5.21. The lowest BCUT2D eigenvalue weighted by atomic mass is 10.1. The van der Waals surface area contributed by atoms with Crippen LogP contribution in [0, 0.1) is 0 Å². The molecule has 3 nitrogen and oxygen atoms in total. The number of rotatable bonds is 3. The van der Waals surface area contributed by atoms with Crippen molar-refractivity contribution in [1.82, 2.24) is 0 Å². The van der Waals surface area contributed by atoms with Crippen molar-refractivity contribution in [2.45, 2.75) is 29.1 Å². The second-order valence-electron chi connectivity index (χ2n) is 4.94. The van der Waals surface area contributed by atoms with Crippen LogP contribution < -0.4 is 5.73 Å². The van der Waals surface area contributed by atoms with Crippen LogP contribution in [0.1, 0.15) is 27.9 Å². The first kappa shape index (κ1) is 13.1. The number of carboxylic acid groups (broad SMARTS) is 1. The van der Waals surface area contributed by atoms with E-state index in [1.54, 1.807) is 12.1 Å². The summed E-state index contributed by atoms with van der Waals surface area (Å²) in [5.74, 6) is -0.930. The molecule has 0 heterocycles. The Kier molecular flexibility index (Phi) is 3.40. The summed E-state index contributed by atoms with van der Waals surface area (Å²) in [6.07, 6.45) is 3.52. The summed E-state index contributed by atoms with van der Waals surface area (Å²) in [6, 6.07) is 11.3. The van der Waals surface area contributed by atoms with E-state index >= 15 is 0 Å². The third-order valence-electron chi connectivity index (χ3n) is 3.56. The lowest BCUT2D eigenvalue weighted by Gasteiger charge is -2.08. The molecule has 0 aromatic heterocycles. The molecule has 0 unspecified atom stereocenters. The highest BCUT2D eigenvalue weighted by Gasteiger charge is 2.13. The molecule has 3 N–H and O–H groups in total. The Morgan fingerprint density at radius 1 is 1.10 bits per heavy atom. The fraction of sp³-hybridized carbons (Fsp3) is 0.188. The molecule has 0 aliphatic heterocycles. The molecule has 0 saturated heterocycles. The van der Waals surface area contributed by atoms with Gasteiger partial charge >= 0.3 is 5.97 Å². The summed E-state index contributed by atoms with van der Waals surface area (Å²) >= 11 is 1.52. The van der Waals surface area contributed by atoms with Crippen LogP contribution in [0.15, 0.2) is 46.2 Å². The van der Waals surface area contributed by atoms with Crippen LogP contribution in [0.2, 0.25) is 0 Å². The molecule has 0 spiro atoms. The molecule has 2 aromatic carbocycles. The van der Waals surface area contributed by atoms with Crippen LogP contribution >= 0.6 is 11.8 Å². The highest BCUT2D eigenvalue weighted by atomic mass is 32.2. The van der Waals surface area contributed by atoms with E-state index in [0.29, 0.717) is 5.69 Å². The fourth-order valence-electron chi connectivity index (χ4n) is 2.49. The first-order valence-corrected chi connectivity index (χ1v) is 7.37. The summed E-state index contributed by atoms with van der Waals surface area (Å²) in [6.45, 7) is 0. The summed E-state index contributed by atoms with van der Waals surface area (Å²) in [7, 11) is 0. The van der Waals surface area contributed by atoms with Gasteiger partial charge in [0.15, 0.2) is 0 Å². The van der Waals surface area contributed by atoms with Gasteiger partial charge in [0, 0.05) is 15.5 Å². The van der Waals surface area contributed by atoms with Crippen LogP contribution in [0.5, 0.6) is 0 Å². The number of carboxylic acids is 1. The zero-order valence-electron chi connectivity index (χ0n) is 10.9. The van der Waals surface area contributed by atoms with Gasteiger partial charge in [0.05, 0.1) is 5.56 Å². The Bertz CT molecular complexity index is 682. The minimum Gasteiger partial charge on any atom is -0.478 e. The number of aromatic carboxylic acids is 1. The van der Waals surface area contributed by atoms with Crippen LogP contribution in [0.4, 0.5) is 5.69 Å². The maximum atomic E-state index is 11.0. The minimum atomic E-state index is -0.930. The van der Waals surface area contributed by atoms with Gasteiger partial charge in [0.2, 0.25) is 0 Å². The molecular formula is C16H15NO2S. The van der Waals surface area contributed by atoms with Gasteiger partial charge < -0.3 is 10.8 Å². The van der Waals surface area contributed by atoms with E-state index in [-0.39, 0.29) is 5.56 Å². The van der Waals surface area contributed by atoms with E-state index < -0.39 is 5.97 Å². The molecule has 1 aliphatic rings. The molecule has 0 fully saturated rings. The zero-order valence-corrected chi connectivity index (χ0v) is 11.7. The van der Waals surface area contributed by atoms with Gasteiger partial charge in [-0.2, -0.15) is 0 Å². The second-order valence-corrected chi connectivity index (χ2v) is 6.06. The van der Waals surface area contributed by atoms with Gasteiger partial charge in [-0.15, -0.1) is 0 Å². The Labute approximate surface area is 121 Å². The molecule has 2 aromatic rings. The lowest BCUT2D eigenvalue weighted by Crippen LogP contribution is -1.98. The van der Waals surface area contributed by atoms with Crippen LogP contribution in [-0.2, 0) is 12.8 Å². The number of anilines is 1. The summed E-state index contributed by atoms with van der Waals surface area (Å²) in [4.78, 5) is 12.9. The lowest BCUT2D eigenvalue weighted by molar-refractivity contribution is 0.0696. The number of hydrogen-bond donors (Lipinski definition) is 2. The van der Waals surface area contributed by atoms with E-state index in [0.717, 1.165) is 22.6 Å². The zero-order chi connectivity index (χ0) is 14.1. The van der Waals surface area contributed by atoms with Crippen molar-refractivity contribution in [2.24, 2.45) is 0 Å². The number of benzene rings is 2. The van der Waals surface area contributed by atoms with Crippen molar-refractivity contribution in [3.05, 3.63) is 53.1 Å². The number of aryl methyl sites for hydroxylation is 2. The van der Waals surface area contributed by atoms with Gasteiger partial charge in [-0.3, -0.25) is 0 Å². The molecule has 0 amide bonds. The SMILES string of the molecule is Nc1ccc(C(=O)O)cc1Sc1ccc2c(c1)CCC2. The normalized spacial score (nSPS) is 13.2. The number of fused-ring (bicyclic) bond motifs is 1. The third kappa shape index (κ3) is 2.51. The standard InChI is InChI=1S/C16H15NO2S/c17-14-7-5-12(16(18)19)9-15(14)20-13-6-4-10-2-1-3-11(10)8-13/h4-9H,1-3,17H2,(H,18,19). The van der Waals surface area contributed by atoms with Gasteiger partial charge in [-0.1, -0.05) is 17.8 Å². The molecule has 0 atom stereocenters. The third-order valence-corrected chi connectivity index (χ3v) is 4.62. The van der Waals surface area contributed by atoms with Crippen molar-refractivity contribution >= 4 is 23.4 Å². The molecule has 102 valence electrons. The summed E-state index contributed by atoms with van der Waals surface area (Å²) in [5.41, 5.74) is 9.65. The quantitative estimate of drug-likeness (QED) is 0.846. The topological polar surface area (TPSA) is 63.3 Å². The van der Waals surface area contributed by atoms with Crippen molar-refractivity contribution in [1.29, 1.82) is 0 Å². The van der Waals surface area contributed by atoms with Crippen LogP contribution in [0.3, 0.4) is 0 Å². The maximum absolute atomic E-state index is 11.0. The Hall–Kier alpha value is -1.94. The Morgan fingerprint density at radius 3 is 2.70 bits per heavy atom. The van der Waals surface area contributed by atoms with E-state index in [2.05, 4.69) is 18.2 Å².